The van der Waals surface area contributed by atoms with Crippen LogP contribution in [0.25, 0.3) is 0 Å². The second-order valence-corrected chi connectivity index (χ2v) is 4.24. The van der Waals surface area contributed by atoms with Crippen LogP contribution in [0.3, 0.4) is 0 Å². The third kappa shape index (κ3) is 2.52. The van der Waals surface area contributed by atoms with Crippen molar-refractivity contribution < 1.29 is 4.79 Å². The summed E-state index contributed by atoms with van der Waals surface area (Å²) in [6.07, 6.45) is 5.82. The fourth-order valence-electron chi connectivity index (χ4n) is 1.26. The van der Waals surface area contributed by atoms with E-state index < -0.39 is 0 Å². The zero-order chi connectivity index (χ0) is 10.8. The van der Waals surface area contributed by atoms with Gasteiger partial charge in [-0.05, 0) is 12.8 Å². The number of amides is 1. The van der Waals surface area contributed by atoms with E-state index in [4.69, 9.17) is 0 Å². The van der Waals surface area contributed by atoms with Crippen molar-refractivity contribution in [3.8, 4) is 0 Å². The summed E-state index contributed by atoms with van der Waals surface area (Å²) in [5, 5.41) is 2.72. The second kappa shape index (κ2) is 3.96. The van der Waals surface area contributed by atoms with Gasteiger partial charge in [0.1, 0.15) is 0 Å². The van der Waals surface area contributed by atoms with Crippen molar-refractivity contribution in [2.75, 3.05) is 5.32 Å². The Morgan fingerprint density at radius 3 is 2.60 bits per heavy atom. The topological polar surface area (TPSA) is 54.9 Å². The van der Waals surface area contributed by atoms with Crippen LogP contribution < -0.4 is 5.32 Å². The van der Waals surface area contributed by atoms with Crippen LogP contribution in [0.5, 0.6) is 0 Å². The van der Waals surface area contributed by atoms with Gasteiger partial charge in [-0.2, -0.15) is 0 Å². The molecular formula is C11H15N3O. The van der Waals surface area contributed by atoms with E-state index in [0.29, 0.717) is 11.7 Å². The lowest BCUT2D eigenvalue weighted by molar-refractivity contribution is -0.118. The summed E-state index contributed by atoms with van der Waals surface area (Å²) in [5.41, 5.74) is 1.04. The monoisotopic (exact) mass is 205 g/mol. The van der Waals surface area contributed by atoms with Crippen molar-refractivity contribution >= 4 is 11.7 Å². The Bertz CT molecular complexity index is 355. The first kappa shape index (κ1) is 10.1. The van der Waals surface area contributed by atoms with Crippen molar-refractivity contribution in [3.05, 3.63) is 18.1 Å². The van der Waals surface area contributed by atoms with Gasteiger partial charge in [-0.25, -0.2) is 4.98 Å². The number of aromatic nitrogens is 2. The molecule has 1 aliphatic carbocycles. The summed E-state index contributed by atoms with van der Waals surface area (Å²) in [6.45, 7) is 3.70. The van der Waals surface area contributed by atoms with E-state index in [2.05, 4.69) is 15.3 Å². The molecule has 1 heterocycles. The Morgan fingerprint density at radius 1 is 1.40 bits per heavy atom. The molecule has 1 aromatic heterocycles. The highest BCUT2D eigenvalue weighted by molar-refractivity contribution is 5.90. The molecule has 1 aromatic rings. The van der Waals surface area contributed by atoms with E-state index in [1.807, 2.05) is 13.8 Å². The quantitative estimate of drug-likeness (QED) is 0.820. The first-order valence-electron chi connectivity index (χ1n) is 5.29. The molecule has 2 rings (SSSR count). The molecular weight excluding hydrogens is 190 g/mol. The SMILES string of the molecule is CC(C)C(=O)Nc1cnc(C2CC2)cn1. The molecule has 1 aliphatic rings. The van der Waals surface area contributed by atoms with Gasteiger partial charge in [-0.3, -0.25) is 9.78 Å². The summed E-state index contributed by atoms with van der Waals surface area (Å²) < 4.78 is 0. The lowest BCUT2D eigenvalue weighted by Gasteiger charge is -2.06. The minimum Gasteiger partial charge on any atom is -0.309 e. The zero-order valence-electron chi connectivity index (χ0n) is 9.03. The molecule has 1 fully saturated rings. The van der Waals surface area contributed by atoms with Gasteiger partial charge >= 0.3 is 0 Å². The highest BCUT2D eigenvalue weighted by atomic mass is 16.1. The van der Waals surface area contributed by atoms with Gasteiger partial charge in [0.25, 0.3) is 0 Å². The lowest BCUT2D eigenvalue weighted by Crippen LogP contribution is -2.18. The molecule has 1 saturated carbocycles. The summed E-state index contributed by atoms with van der Waals surface area (Å²) in [7, 11) is 0. The Hall–Kier alpha value is -1.45. The fraction of sp³-hybridized carbons (Fsp3) is 0.545. The number of carbonyl (C=O) groups is 1. The number of hydrogen-bond acceptors (Lipinski definition) is 3. The second-order valence-electron chi connectivity index (χ2n) is 4.24. The maximum absolute atomic E-state index is 11.4. The maximum atomic E-state index is 11.4. The summed E-state index contributed by atoms with van der Waals surface area (Å²) >= 11 is 0. The van der Waals surface area contributed by atoms with Crippen molar-refractivity contribution in [3.63, 3.8) is 0 Å². The van der Waals surface area contributed by atoms with Crippen LogP contribution in [0.15, 0.2) is 12.4 Å². The van der Waals surface area contributed by atoms with Crippen LogP contribution in [0.1, 0.15) is 38.3 Å². The molecule has 0 bridgehead atoms. The largest absolute Gasteiger partial charge is 0.309 e. The van der Waals surface area contributed by atoms with Gasteiger partial charge in [0, 0.05) is 11.8 Å². The molecule has 15 heavy (non-hydrogen) atoms. The highest BCUT2D eigenvalue weighted by Gasteiger charge is 2.25. The van der Waals surface area contributed by atoms with Crippen molar-refractivity contribution in [1.29, 1.82) is 0 Å². The molecule has 4 nitrogen and oxygen atoms in total. The highest BCUT2D eigenvalue weighted by Crippen LogP contribution is 2.38. The molecule has 0 saturated heterocycles. The Morgan fingerprint density at radius 2 is 2.13 bits per heavy atom. The minimum atomic E-state index is -0.0325. The third-order valence-electron chi connectivity index (χ3n) is 2.44. The van der Waals surface area contributed by atoms with Crippen molar-refractivity contribution in [2.24, 2.45) is 5.92 Å². The van der Waals surface area contributed by atoms with Gasteiger partial charge in [-0.15, -0.1) is 0 Å². The number of rotatable bonds is 3. The summed E-state index contributed by atoms with van der Waals surface area (Å²) in [5.74, 6) is 1.09. The maximum Gasteiger partial charge on any atom is 0.228 e. The molecule has 0 aromatic carbocycles. The predicted octanol–water partition coefficient (Wildman–Crippen LogP) is 1.95. The van der Waals surface area contributed by atoms with Crippen LogP contribution in [0.4, 0.5) is 5.82 Å². The van der Waals surface area contributed by atoms with E-state index in [-0.39, 0.29) is 11.8 Å². The van der Waals surface area contributed by atoms with E-state index in [0.717, 1.165) is 5.69 Å². The number of carbonyl (C=O) groups excluding carboxylic acids is 1. The summed E-state index contributed by atoms with van der Waals surface area (Å²) in [6, 6.07) is 0. The van der Waals surface area contributed by atoms with Gasteiger partial charge in [0.2, 0.25) is 5.91 Å². The van der Waals surface area contributed by atoms with Crippen molar-refractivity contribution in [2.45, 2.75) is 32.6 Å². The minimum absolute atomic E-state index is 0.0246. The molecule has 0 radical (unpaired) electrons. The number of hydrogen-bond donors (Lipinski definition) is 1. The standard InChI is InChI=1S/C11H15N3O/c1-7(2)11(15)14-10-6-12-9(5-13-10)8-3-4-8/h5-8H,3-4H2,1-2H3,(H,13,14,15). The summed E-state index contributed by atoms with van der Waals surface area (Å²) in [4.78, 5) is 19.8. The van der Waals surface area contributed by atoms with E-state index in [1.165, 1.54) is 12.8 Å². The molecule has 1 amide bonds. The average Bonchev–Trinajstić information content (AvgIpc) is 3.02. The normalized spacial score (nSPS) is 15.4. The fourth-order valence-corrected chi connectivity index (χ4v) is 1.26. The average molecular weight is 205 g/mol. The van der Waals surface area contributed by atoms with Gasteiger partial charge < -0.3 is 5.32 Å². The molecule has 1 N–H and O–H groups in total. The van der Waals surface area contributed by atoms with Crippen LogP contribution in [0.2, 0.25) is 0 Å². The van der Waals surface area contributed by atoms with Crippen LogP contribution in [0, 0.1) is 5.92 Å². The first-order valence-corrected chi connectivity index (χ1v) is 5.29. The van der Waals surface area contributed by atoms with Gasteiger partial charge in [0.15, 0.2) is 5.82 Å². The zero-order valence-corrected chi connectivity index (χ0v) is 9.03. The smallest absolute Gasteiger partial charge is 0.228 e. The van der Waals surface area contributed by atoms with Crippen LogP contribution >= 0.6 is 0 Å². The molecule has 0 unspecified atom stereocenters. The molecule has 4 heteroatoms. The van der Waals surface area contributed by atoms with Gasteiger partial charge in [0.05, 0.1) is 18.1 Å². The number of nitrogens with one attached hydrogen (secondary N) is 1. The van der Waals surface area contributed by atoms with Gasteiger partial charge in [-0.1, -0.05) is 13.8 Å². The Kier molecular flexibility index (Phi) is 2.66. The number of anilines is 1. The first-order chi connectivity index (χ1) is 7.16. The Balaban J connectivity index is 2.00. The van der Waals surface area contributed by atoms with E-state index >= 15 is 0 Å². The third-order valence-corrected chi connectivity index (χ3v) is 2.44. The predicted molar refractivity (Wildman–Crippen MR) is 57.5 cm³/mol. The molecule has 80 valence electrons. The molecule has 0 aliphatic heterocycles. The Labute approximate surface area is 89.1 Å². The van der Waals surface area contributed by atoms with Crippen molar-refractivity contribution in [1.82, 2.24) is 9.97 Å². The van der Waals surface area contributed by atoms with Crippen LogP contribution in [-0.2, 0) is 4.79 Å². The number of nitrogens with zero attached hydrogens (tertiary/aromatic N) is 2. The van der Waals surface area contributed by atoms with E-state index in [9.17, 15) is 4.79 Å². The van der Waals surface area contributed by atoms with E-state index in [1.54, 1.807) is 12.4 Å². The lowest BCUT2D eigenvalue weighted by atomic mass is 10.2. The molecule has 0 atom stereocenters. The van der Waals surface area contributed by atoms with Crippen LogP contribution in [-0.4, -0.2) is 15.9 Å². The molecule has 0 spiro atoms.